The van der Waals surface area contributed by atoms with E-state index in [1.807, 2.05) is 0 Å². The number of hydrogen-bond donors (Lipinski definition) is 2. The van der Waals surface area contributed by atoms with Crippen LogP contribution >= 0.6 is 0 Å². The van der Waals surface area contributed by atoms with Crippen molar-refractivity contribution >= 4 is 17.8 Å². The second-order valence-electron chi connectivity index (χ2n) is 3.67. The minimum Gasteiger partial charge on any atom is -0.463 e. The van der Waals surface area contributed by atoms with Crippen LogP contribution in [0.15, 0.2) is 52.2 Å². The maximum atomic E-state index is 12.7. The normalized spacial score (nSPS) is 10.6. The summed E-state index contributed by atoms with van der Waals surface area (Å²) < 4.78 is 17.7. The van der Waals surface area contributed by atoms with E-state index < -0.39 is 0 Å². The van der Waals surface area contributed by atoms with E-state index in [1.54, 1.807) is 24.3 Å². The number of nitrogens with one attached hydrogen (secondary N) is 2. The van der Waals surface area contributed by atoms with E-state index in [0.717, 1.165) is 0 Å². The minimum absolute atomic E-state index is 0.0428. The van der Waals surface area contributed by atoms with Crippen molar-refractivity contribution in [1.29, 1.82) is 0 Å². The van der Waals surface area contributed by atoms with Gasteiger partial charge in [-0.05, 0) is 36.4 Å². The Hall–Kier alpha value is -2.63. The molecule has 0 saturated heterocycles. The van der Waals surface area contributed by atoms with Crippen molar-refractivity contribution in [1.82, 2.24) is 5.43 Å². The van der Waals surface area contributed by atoms with Gasteiger partial charge in [0.15, 0.2) is 0 Å². The lowest BCUT2D eigenvalue weighted by Gasteiger charge is -2.04. The van der Waals surface area contributed by atoms with E-state index in [4.69, 9.17) is 4.42 Å². The summed E-state index contributed by atoms with van der Waals surface area (Å²) in [5.41, 5.74) is 3.00. The van der Waals surface area contributed by atoms with Crippen molar-refractivity contribution in [3.05, 3.63) is 54.2 Å². The molecule has 19 heavy (non-hydrogen) atoms. The zero-order chi connectivity index (χ0) is 13.5. The second-order valence-corrected chi connectivity index (χ2v) is 3.67. The molecular weight excluding hydrogens is 249 g/mol. The quantitative estimate of drug-likeness (QED) is 0.639. The number of halogens is 1. The Morgan fingerprint density at radius 1 is 1.32 bits per heavy atom. The number of amides is 1. The molecule has 0 aliphatic rings. The Bertz CT molecular complexity index is 550. The average Bonchev–Trinajstić information content (AvgIpc) is 2.91. The number of rotatable bonds is 5. The smallest absolute Gasteiger partial charge is 0.259 e. The zero-order valence-electron chi connectivity index (χ0n) is 9.97. The molecule has 0 aliphatic carbocycles. The van der Waals surface area contributed by atoms with Crippen LogP contribution in [0.4, 0.5) is 10.1 Å². The van der Waals surface area contributed by atoms with Crippen molar-refractivity contribution in [2.24, 2.45) is 5.10 Å². The van der Waals surface area contributed by atoms with E-state index in [0.29, 0.717) is 11.4 Å². The molecule has 0 saturated carbocycles. The topological polar surface area (TPSA) is 66.6 Å². The van der Waals surface area contributed by atoms with Crippen LogP contribution in [0.2, 0.25) is 0 Å². The molecule has 98 valence electrons. The number of nitrogens with zero attached hydrogens (tertiary/aromatic N) is 1. The molecule has 5 nitrogen and oxygen atoms in total. The Morgan fingerprint density at radius 2 is 2.11 bits per heavy atom. The standard InChI is InChI=1S/C13H12FN3O2/c14-10-3-5-11(6-4-10)15-9-13(18)17-16-8-12-2-1-7-19-12/h1-8,15H,9H2,(H,17,18)/b16-8+. The first-order chi connectivity index (χ1) is 9.24. The third-order valence-electron chi connectivity index (χ3n) is 2.22. The SMILES string of the molecule is O=C(CNc1ccc(F)cc1)N/N=C/c1ccco1. The number of benzene rings is 1. The van der Waals surface area contributed by atoms with Gasteiger partial charge in [-0.1, -0.05) is 0 Å². The van der Waals surface area contributed by atoms with E-state index in [2.05, 4.69) is 15.8 Å². The van der Waals surface area contributed by atoms with Crippen LogP contribution in [0.1, 0.15) is 5.76 Å². The number of carbonyl (C=O) groups is 1. The highest BCUT2D eigenvalue weighted by Gasteiger charge is 1.99. The summed E-state index contributed by atoms with van der Waals surface area (Å²) in [6.45, 7) is 0.0428. The zero-order valence-corrected chi connectivity index (χ0v) is 9.97. The van der Waals surface area contributed by atoms with Crippen LogP contribution in [0.25, 0.3) is 0 Å². The van der Waals surface area contributed by atoms with Crippen molar-refractivity contribution in [3.63, 3.8) is 0 Å². The number of hydrogen-bond acceptors (Lipinski definition) is 4. The maximum Gasteiger partial charge on any atom is 0.259 e. The molecule has 1 aromatic carbocycles. The Kier molecular flexibility index (Phi) is 4.28. The van der Waals surface area contributed by atoms with E-state index in [-0.39, 0.29) is 18.3 Å². The lowest BCUT2D eigenvalue weighted by atomic mass is 10.3. The summed E-state index contributed by atoms with van der Waals surface area (Å²) in [6.07, 6.45) is 2.91. The first-order valence-corrected chi connectivity index (χ1v) is 5.59. The van der Waals surface area contributed by atoms with Gasteiger partial charge in [0, 0.05) is 5.69 Å². The van der Waals surface area contributed by atoms with Crippen molar-refractivity contribution in [2.75, 3.05) is 11.9 Å². The van der Waals surface area contributed by atoms with Crippen molar-refractivity contribution < 1.29 is 13.6 Å². The highest BCUT2D eigenvalue weighted by Crippen LogP contribution is 2.07. The fourth-order valence-corrected chi connectivity index (χ4v) is 1.32. The largest absolute Gasteiger partial charge is 0.463 e. The van der Waals surface area contributed by atoms with Gasteiger partial charge in [-0.3, -0.25) is 4.79 Å². The Balaban J connectivity index is 1.74. The highest BCUT2D eigenvalue weighted by atomic mass is 19.1. The summed E-state index contributed by atoms with van der Waals surface area (Å²) in [5.74, 6) is -0.0861. The first kappa shape index (κ1) is 12.8. The third kappa shape index (κ3) is 4.27. The monoisotopic (exact) mass is 261 g/mol. The maximum absolute atomic E-state index is 12.7. The van der Waals surface area contributed by atoms with Crippen LogP contribution in [0, 0.1) is 5.82 Å². The van der Waals surface area contributed by atoms with E-state index >= 15 is 0 Å². The van der Waals surface area contributed by atoms with Gasteiger partial charge in [-0.15, -0.1) is 0 Å². The fourth-order valence-electron chi connectivity index (χ4n) is 1.32. The van der Waals surface area contributed by atoms with Crippen molar-refractivity contribution in [2.45, 2.75) is 0 Å². The van der Waals surface area contributed by atoms with Crippen LogP contribution in [-0.4, -0.2) is 18.7 Å². The molecule has 2 aromatic rings. The molecule has 0 radical (unpaired) electrons. The molecule has 2 N–H and O–H groups in total. The predicted octanol–water partition coefficient (Wildman–Crippen LogP) is 1.98. The Morgan fingerprint density at radius 3 is 2.79 bits per heavy atom. The van der Waals surface area contributed by atoms with Gasteiger partial charge in [0.25, 0.3) is 5.91 Å². The summed E-state index contributed by atoms with van der Waals surface area (Å²) in [5, 5.41) is 6.56. The van der Waals surface area contributed by atoms with Crippen molar-refractivity contribution in [3.8, 4) is 0 Å². The van der Waals surface area contributed by atoms with Gasteiger partial charge in [-0.25, -0.2) is 9.82 Å². The summed E-state index contributed by atoms with van der Waals surface area (Å²) >= 11 is 0. The van der Waals surface area contributed by atoms with Crippen LogP contribution in [-0.2, 0) is 4.79 Å². The summed E-state index contributed by atoms with van der Waals surface area (Å²) in [6, 6.07) is 9.17. The van der Waals surface area contributed by atoms with Gasteiger partial charge in [0.1, 0.15) is 11.6 Å². The average molecular weight is 261 g/mol. The molecule has 1 amide bonds. The lowest BCUT2D eigenvalue weighted by Crippen LogP contribution is -2.25. The molecule has 0 aliphatic heterocycles. The molecular formula is C13H12FN3O2. The predicted molar refractivity (Wildman–Crippen MR) is 69.3 cm³/mol. The van der Waals surface area contributed by atoms with Gasteiger partial charge in [-0.2, -0.15) is 5.10 Å². The molecule has 6 heteroatoms. The molecule has 1 aromatic heterocycles. The molecule has 0 atom stereocenters. The number of carbonyl (C=O) groups excluding carboxylic acids is 1. The van der Waals surface area contributed by atoms with E-state index in [9.17, 15) is 9.18 Å². The number of furan rings is 1. The fraction of sp³-hybridized carbons (Fsp3) is 0.0769. The molecule has 0 unspecified atom stereocenters. The Labute approximate surface area is 109 Å². The van der Waals surface area contributed by atoms with E-state index in [1.165, 1.54) is 24.6 Å². The van der Waals surface area contributed by atoms with Gasteiger partial charge in [0.2, 0.25) is 0 Å². The minimum atomic E-state index is -0.321. The molecule has 0 bridgehead atoms. The van der Waals surface area contributed by atoms with Gasteiger partial charge >= 0.3 is 0 Å². The second kappa shape index (κ2) is 6.34. The lowest BCUT2D eigenvalue weighted by molar-refractivity contribution is -0.119. The summed E-state index contributed by atoms with van der Waals surface area (Å²) in [4.78, 5) is 11.4. The highest BCUT2D eigenvalue weighted by molar-refractivity contribution is 5.82. The third-order valence-corrected chi connectivity index (χ3v) is 2.22. The first-order valence-electron chi connectivity index (χ1n) is 5.59. The van der Waals surface area contributed by atoms with Gasteiger partial charge < -0.3 is 9.73 Å². The van der Waals surface area contributed by atoms with Crippen LogP contribution < -0.4 is 10.7 Å². The molecule has 0 spiro atoms. The number of hydrazone groups is 1. The number of anilines is 1. The van der Waals surface area contributed by atoms with Crippen LogP contribution in [0.3, 0.4) is 0 Å². The van der Waals surface area contributed by atoms with Crippen LogP contribution in [0.5, 0.6) is 0 Å². The molecule has 1 heterocycles. The molecule has 0 fully saturated rings. The molecule has 2 rings (SSSR count). The van der Waals surface area contributed by atoms with Gasteiger partial charge in [0.05, 0.1) is 19.0 Å². The summed E-state index contributed by atoms with van der Waals surface area (Å²) in [7, 11) is 0.